The summed E-state index contributed by atoms with van der Waals surface area (Å²) in [6.45, 7) is 0. The molecule has 280 valence electrons. The Kier molecular flexibility index (Phi) is 7.89. The number of rotatable bonds is 6. The van der Waals surface area contributed by atoms with E-state index in [1.165, 1.54) is 65.3 Å². The van der Waals surface area contributed by atoms with Crippen LogP contribution in [0.5, 0.6) is 0 Å². The largest absolute Gasteiger partial charge is 0.456 e. The van der Waals surface area contributed by atoms with E-state index in [4.69, 9.17) is 4.42 Å². The lowest BCUT2D eigenvalue weighted by Gasteiger charge is -2.28. The third-order valence-electron chi connectivity index (χ3n) is 12.2. The predicted octanol–water partition coefficient (Wildman–Crippen LogP) is 16.7. The van der Waals surface area contributed by atoms with Crippen LogP contribution < -0.4 is 4.90 Å². The zero-order valence-electron chi connectivity index (χ0n) is 32.7. The molecule has 12 aromatic rings. The Morgan fingerprint density at radius 2 is 0.833 bits per heavy atom. The van der Waals surface area contributed by atoms with E-state index in [0.717, 1.165) is 50.1 Å². The maximum atomic E-state index is 6.27. The third kappa shape index (κ3) is 5.65. The lowest BCUT2D eigenvalue weighted by atomic mass is 9.89. The highest BCUT2D eigenvalue weighted by molar-refractivity contribution is 6.15. The van der Waals surface area contributed by atoms with Crippen molar-refractivity contribution >= 4 is 82.1 Å². The molecule has 0 radical (unpaired) electrons. The molecule has 12 rings (SSSR count). The summed E-state index contributed by atoms with van der Waals surface area (Å²) in [5, 5.41) is 12.1. The van der Waals surface area contributed by atoms with Crippen molar-refractivity contribution in [1.29, 1.82) is 0 Å². The molecule has 0 aliphatic rings. The van der Waals surface area contributed by atoms with Crippen LogP contribution in [0.4, 0.5) is 17.1 Å². The summed E-state index contributed by atoms with van der Waals surface area (Å²) in [6.07, 6.45) is 0. The van der Waals surface area contributed by atoms with Crippen LogP contribution in [-0.2, 0) is 0 Å². The number of benzene rings is 11. The van der Waals surface area contributed by atoms with Crippen LogP contribution in [0.3, 0.4) is 0 Å². The Balaban J connectivity index is 1.01. The Hall–Kier alpha value is -7.94. The van der Waals surface area contributed by atoms with Crippen LogP contribution in [0, 0.1) is 0 Å². The fourth-order valence-corrected chi connectivity index (χ4v) is 9.31. The minimum absolute atomic E-state index is 0.900. The Bertz CT molecular complexity index is 3600. The maximum absolute atomic E-state index is 6.27. The number of furan rings is 1. The van der Waals surface area contributed by atoms with Crippen molar-refractivity contribution in [1.82, 2.24) is 0 Å². The number of anilines is 3. The first-order chi connectivity index (χ1) is 29.7. The van der Waals surface area contributed by atoms with Crippen molar-refractivity contribution in [2.24, 2.45) is 0 Å². The van der Waals surface area contributed by atoms with Crippen LogP contribution in [0.15, 0.2) is 229 Å². The molecule has 0 atom stereocenters. The lowest BCUT2D eigenvalue weighted by Crippen LogP contribution is -2.10. The van der Waals surface area contributed by atoms with Gasteiger partial charge in [-0.15, -0.1) is 0 Å². The van der Waals surface area contributed by atoms with Crippen molar-refractivity contribution in [2.45, 2.75) is 0 Å². The smallest absolute Gasteiger partial charge is 0.136 e. The van der Waals surface area contributed by atoms with E-state index in [1.807, 2.05) is 12.1 Å². The highest BCUT2D eigenvalue weighted by Crippen LogP contribution is 2.45. The molecule has 0 saturated carbocycles. The molecule has 0 amide bonds. The molecule has 0 aliphatic heterocycles. The lowest BCUT2D eigenvalue weighted by molar-refractivity contribution is 0.669. The van der Waals surface area contributed by atoms with Gasteiger partial charge in [0.1, 0.15) is 11.2 Å². The highest BCUT2D eigenvalue weighted by atomic mass is 16.3. The van der Waals surface area contributed by atoms with Crippen molar-refractivity contribution in [3.8, 4) is 33.4 Å². The molecule has 2 heteroatoms. The minimum Gasteiger partial charge on any atom is -0.456 e. The zero-order valence-corrected chi connectivity index (χ0v) is 32.7. The van der Waals surface area contributed by atoms with Crippen LogP contribution in [-0.4, -0.2) is 0 Å². The molecule has 0 bridgehead atoms. The summed E-state index contributed by atoms with van der Waals surface area (Å²) in [5.41, 5.74) is 12.2. The van der Waals surface area contributed by atoms with Gasteiger partial charge in [-0.3, -0.25) is 0 Å². The molecule has 1 aromatic heterocycles. The van der Waals surface area contributed by atoms with Gasteiger partial charge >= 0.3 is 0 Å². The zero-order chi connectivity index (χ0) is 39.6. The summed E-state index contributed by atoms with van der Waals surface area (Å²) >= 11 is 0. The van der Waals surface area contributed by atoms with E-state index < -0.39 is 0 Å². The quantitative estimate of drug-likeness (QED) is 0.157. The van der Waals surface area contributed by atoms with Crippen LogP contribution in [0.25, 0.3) is 98.4 Å². The second-order valence-corrected chi connectivity index (χ2v) is 15.7. The molecule has 0 saturated heterocycles. The first-order valence-corrected chi connectivity index (χ1v) is 20.6. The van der Waals surface area contributed by atoms with Crippen LogP contribution in [0.2, 0.25) is 0 Å². The Morgan fingerprint density at radius 1 is 0.283 bits per heavy atom. The van der Waals surface area contributed by atoms with Crippen molar-refractivity contribution in [3.63, 3.8) is 0 Å². The average Bonchev–Trinajstić information content (AvgIpc) is 3.70. The number of nitrogens with zero attached hydrogens (tertiary/aromatic N) is 1. The molecule has 2 nitrogen and oxygen atoms in total. The maximum Gasteiger partial charge on any atom is 0.136 e. The van der Waals surface area contributed by atoms with Gasteiger partial charge in [0.15, 0.2) is 0 Å². The summed E-state index contributed by atoms with van der Waals surface area (Å²) in [4.78, 5) is 2.41. The monoisotopic (exact) mass is 763 g/mol. The van der Waals surface area contributed by atoms with E-state index in [9.17, 15) is 0 Å². The molecule has 1 heterocycles. The van der Waals surface area contributed by atoms with Gasteiger partial charge in [0.2, 0.25) is 0 Å². The van der Waals surface area contributed by atoms with Gasteiger partial charge < -0.3 is 9.32 Å². The summed E-state index contributed by atoms with van der Waals surface area (Å²) in [5.74, 6) is 0. The number of hydrogen-bond donors (Lipinski definition) is 0. The van der Waals surface area contributed by atoms with E-state index in [0.29, 0.717) is 0 Å². The van der Waals surface area contributed by atoms with E-state index in [2.05, 4.69) is 217 Å². The average molecular weight is 764 g/mol. The number of fused-ring (bicyclic) bond motifs is 8. The van der Waals surface area contributed by atoms with Gasteiger partial charge in [-0.05, 0) is 126 Å². The van der Waals surface area contributed by atoms with Crippen LogP contribution in [0.1, 0.15) is 0 Å². The van der Waals surface area contributed by atoms with Gasteiger partial charge in [-0.1, -0.05) is 170 Å². The summed E-state index contributed by atoms with van der Waals surface area (Å²) < 4.78 is 6.27. The third-order valence-corrected chi connectivity index (χ3v) is 12.2. The van der Waals surface area contributed by atoms with Crippen molar-refractivity contribution in [3.05, 3.63) is 224 Å². The van der Waals surface area contributed by atoms with Gasteiger partial charge in [0.05, 0.1) is 5.69 Å². The topological polar surface area (TPSA) is 16.4 Å². The van der Waals surface area contributed by atoms with E-state index >= 15 is 0 Å². The molecule has 0 spiro atoms. The van der Waals surface area contributed by atoms with Crippen molar-refractivity contribution in [2.75, 3.05) is 4.90 Å². The molecular weight excluding hydrogens is 727 g/mol. The number of hydrogen-bond acceptors (Lipinski definition) is 2. The minimum atomic E-state index is 0.900. The molecular formula is C58H37NO. The van der Waals surface area contributed by atoms with Gasteiger partial charge in [-0.2, -0.15) is 0 Å². The molecule has 11 aromatic carbocycles. The second kappa shape index (κ2) is 13.9. The summed E-state index contributed by atoms with van der Waals surface area (Å²) in [6, 6.07) is 81.5. The second-order valence-electron chi connectivity index (χ2n) is 15.7. The normalized spacial score (nSPS) is 11.7. The molecule has 0 aliphatic carbocycles. The van der Waals surface area contributed by atoms with Crippen LogP contribution >= 0.6 is 0 Å². The van der Waals surface area contributed by atoms with E-state index in [1.54, 1.807) is 0 Å². The highest BCUT2D eigenvalue weighted by Gasteiger charge is 2.19. The first kappa shape index (κ1) is 34.1. The predicted molar refractivity (Wildman–Crippen MR) is 255 cm³/mol. The Morgan fingerprint density at radius 3 is 1.62 bits per heavy atom. The molecule has 0 unspecified atom stereocenters. The fourth-order valence-electron chi connectivity index (χ4n) is 9.31. The Labute approximate surface area is 347 Å². The van der Waals surface area contributed by atoms with E-state index in [-0.39, 0.29) is 0 Å². The fraction of sp³-hybridized carbons (Fsp3) is 0. The van der Waals surface area contributed by atoms with Crippen molar-refractivity contribution < 1.29 is 4.42 Å². The van der Waals surface area contributed by atoms with Gasteiger partial charge in [0.25, 0.3) is 0 Å². The molecule has 60 heavy (non-hydrogen) atoms. The number of para-hydroxylation sites is 1. The molecule has 0 N–H and O–H groups in total. The van der Waals surface area contributed by atoms with Gasteiger partial charge in [0, 0.05) is 27.5 Å². The SMILES string of the molecule is c1ccc2cc(-c3ccc4ccccc4c3-c3ccc(N(c4ccc(-c5ccc6c(c5)oc5ccccc56)cc4)c4cc5ccccc5c5ccccc45)cc3)ccc2c1. The summed E-state index contributed by atoms with van der Waals surface area (Å²) in [7, 11) is 0. The van der Waals surface area contributed by atoms with Gasteiger partial charge in [-0.25, -0.2) is 0 Å². The first-order valence-electron chi connectivity index (χ1n) is 20.6. The standard InChI is InChI=1S/C58H37NO/c1-2-13-42-35-45(22-21-38(42)11-1)50-33-27-40-12-3-6-16-49(40)58(50)41-25-31-47(32-26-41)59(55-36-44-14-4-5-15-48(44)51-17-7-8-18-52(51)55)46-29-23-39(24-30-46)43-28-34-54-53-19-9-10-20-56(53)60-57(54)37-43/h1-37H. The molecule has 0 fully saturated rings.